The van der Waals surface area contributed by atoms with Crippen molar-refractivity contribution in [2.45, 2.75) is 0 Å². The maximum atomic E-state index is 11.9. The van der Waals surface area contributed by atoms with E-state index in [4.69, 9.17) is 9.47 Å². The molecule has 0 fully saturated rings. The lowest BCUT2D eigenvalue weighted by atomic mass is 10.2. The van der Waals surface area contributed by atoms with Gasteiger partial charge in [0.1, 0.15) is 0 Å². The van der Waals surface area contributed by atoms with E-state index in [9.17, 15) is 9.59 Å². The van der Waals surface area contributed by atoms with Crippen LogP contribution in [0.3, 0.4) is 0 Å². The lowest BCUT2D eigenvalue weighted by molar-refractivity contribution is -0.136. The minimum atomic E-state index is -0.895. The van der Waals surface area contributed by atoms with Gasteiger partial charge in [-0.2, -0.15) is 5.10 Å². The van der Waals surface area contributed by atoms with Crippen molar-refractivity contribution in [2.75, 3.05) is 19.5 Å². The molecule has 0 saturated heterocycles. The number of hydrazone groups is 1. The number of amides is 2. The van der Waals surface area contributed by atoms with Crippen molar-refractivity contribution in [1.82, 2.24) is 5.43 Å². The minimum Gasteiger partial charge on any atom is -0.493 e. The maximum absolute atomic E-state index is 11.9. The van der Waals surface area contributed by atoms with Gasteiger partial charge in [-0.05, 0) is 40.2 Å². The molecular formula is C17H16BrN3O4. The Kier molecular flexibility index (Phi) is 6.53. The Balaban J connectivity index is 2.01. The number of nitrogens with one attached hydrogen (secondary N) is 2. The van der Waals surface area contributed by atoms with Gasteiger partial charge in [-0.1, -0.05) is 18.2 Å². The van der Waals surface area contributed by atoms with Crippen molar-refractivity contribution in [1.29, 1.82) is 0 Å². The fourth-order valence-corrected chi connectivity index (χ4v) is 2.35. The molecule has 0 heterocycles. The van der Waals surface area contributed by atoms with E-state index in [2.05, 4.69) is 31.8 Å². The quantitative estimate of drug-likeness (QED) is 0.454. The molecule has 2 aromatic carbocycles. The van der Waals surface area contributed by atoms with E-state index >= 15 is 0 Å². The summed E-state index contributed by atoms with van der Waals surface area (Å²) in [5, 5.41) is 6.26. The highest BCUT2D eigenvalue weighted by atomic mass is 79.9. The van der Waals surface area contributed by atoms with Crippen molar-refractivity contribution >= 4 is 39.6 Å². The van der Waals surface area contributed by atoms with E-state index in [0.717, 1.165) is 0 Å². The number of methoxy groups -OCH3 is 2. The molecule has 2 amide bonds. The smallest absolute Gasteiger partial charge is 0.329 e. The van der Waals surface area contributed by atoms with Crippen LogP contribution in [-0.4, -0.2) is 32.2 Å². The van der Waals surface area contributed by atoms with Crippen LogP contribution in [0.5, 0.6) is 11.5 Å². The maximum Gasteiger partial charge on any atom is 0.329 e. The number of hydrogen-bond acceptors (Lipinski definition) is 5. The van der Waals surface area contributed by atoms with Crippen LogP contribution in [0.4, 0.5) is 5.69 Å². The molecule has 0 aromatic heterocycles. The molecule has 0 saturated carbocycles. The Hall–Kier alpha value is -2.87. The van der Waals surface area contributed by atoms with Crippen LogP contribution in [0.15, 0.2) is 52.0 Å². The van der Waals surface area contributed by atoms with Gasteiger partial charge in [0, 0.05) is 10.0 Å². The third kappa shape index (κ3) is 4.80. The molecule has 0 bridgehead atoms. The molecule has 0 unspecified atom stereocenters. The van der Waals surface area contributed by atoms with Gasteiger partial charge in [-0.25, -0.2) is 5.43 Å². The zero-order valence-electron chi connectivity index (χ0n) is 13.6. The summed E-state index contributed by atoms with van der Waals surface area (Å²) >= 11 is 3.28. The molecule has 2 rings (SSSR count). The molecule has 0 aliphatic heterocycles. The average molecular weight is 406 g/mol. The predicted octanol–water partition coefficient (Wildman–Crippen LogP) is 2.56. The molecule has 2 N–H and O–H groups in total. The third-order valence-electron chi connectivity index (χ3n) is 3.13. The molecule has 0 spiro atoms. The standard InChI is InChI=1S/C17H16BrN3O4/c1-24-14-9-5-6-11(15(14)25-2)10-19-21-17(23)16(22)20-13-8-4-3-7-12(13)18/h3-10H,1-2H3,(H,20,22)(H,21,23)/b19-10+. The first-order valence-corrected chi connectivity index (χ1v) is 7.96. The molecule has 7 nitrogen and oxygen atoms in total. The van der Waals surface area contributed by atoms with E-state index in [1.165, 1.54) is 20.4 Å². The molecule has 0 atom stereocenters. The lowest BCUT2D eigenvalue weighted by Gasteiger charge is -2.09. The summed E-state index contributed by atoms with van der Waals surface area (Å²) in [4.78, 5) is 23.7. The first-order valence-electron chi connectivity index (χ1n) is 7.16. The number of carbonyl (C=O) groups excluding carboxylic acids is 2. The lowest BCUT2D eigenvalue weighted by Crippen LogP contribution is -2.32. The number of anilines is 1. The van der Waals surface area contributed by atoms with Crippen molar-refractivity contribution in [2.24, 2.45) is 5.10 Å². The van der Waals surface area contributed by atoms with Gasteiger partial charge in [0.2, 0.25) is 0 Å². The predicted molar refractivity (Wildman–Crippen MR) is 98.1 cm³/mol. The number of halogens is 1. The minimum absolute atomic E-state index is 0.473. The van der Waals surface area contributed by atoms with Crippen LogP contribution in [0.1, 0.15) is 5.56 Å². The Bertz CT molecular complexity index is 808. The molecule has 0 aliphatic rings. The van der Waals surface area contributed by atoms with E-state index in [0.29, 0.717) is 27.2 Å². The topological polar surface area (TPSA) is 89.0 Å². The zero-order valence-corrected chi connectivity index (χ0v) is 15.2. The van der Waals surface area contributed by atoms with Crippen LogP contribution in [0, 0.1) is 0 Å². The van der Waals surface area contributed by atoms with E-state index < -0.39 is 11.8 Å². The van der Waals surface area contributed by atoms with Gasteiger partial charge in [0.25, 0.3) is 0 Å². The molecule has 25 heavy (non-hydrogen) atoms. The highest BCUT2D eigenvalue weighted by molar-refractivity contribution is 9.10. The van der Waals surface area contributed by atoms with Gasteiger partial charge in [0.05, 0.1) is 26.1 Å². The number of rotatable bonds is 5. The van der Waals surface area contributed by atoms with Gasteiger partial charge < -0.3 is 14.8 Å². The van der Waals surface area contributed by atoms with Crippen LogP contribution in [0.2, 0.25) is 0 Å². The summed E-state index contributed by atoms with van der Waals surface area (Å²) in [7, 11) is 3.02. The molecule has 2 aromatic rings. The summed E-state index contributed by atoms with van der Waals surface area (Å²) in [6.07, 6.45) is 1.37. The number of ether oxygens (including phenoxy) is 2. The van der Waals surface area contributed by atoms with E-state index in [1.807, 2.05) is 0 Å². The monoisotopic (exact) mass is 405 g/mol. The number of para-hydroxylation sites is 2. The molecule has 8 heteroatoms. The van der Waals surface area contributed by atoms with Crippen molar-refractivity contribution in [3.63, 3.8) is 0 Å². The van der Waals surface area contributed by atoms with Crippen LogP contribution in [-0.2, 0) is 9.59 Å². The second-order valence-electron chi connectivity index (χ2n) is 4.72. The number of benzene rings is 2. The first-order chi connectivity index (χ1) is 12.1. The molecule has 0 aliphatic carbocycles. The summed E-state index contributed by atoms with van der Waals surface area (Å²) in [5.74, 6) is -0.722. The fourth-order valence-electron chi connectivity index (χ4n) is 1.97. The zero-order chi connectivity index (χ0) is 18.2. The van der Waals surface area contributed by atoms with Crippen LogP contribution < -0.4 is 20.2 Å². The number of hydrogen-bond donors (Lipinski definition) is 2. The SMILES string of the molecule is COc1cccc(/C=N/NC(=O)C(=O)Nc2ccccc2Br)c1OC. The molecular weight excluding hydrogens is 390 g/mol. The van der Waals surface area contributed by atoms with E-state index in [1.54, 1.807) is 42.5 Å². The second-order valence-corrected chi connectivity index (χ2v) is 5.57. The highest BCUT2D eigenvalue weighted by Crippen LogP contribution is 2.29. The number of nitrogens with zero attached hydrogens (tertiary/aromatic N) is 1. The van der Waals surface area contributed by atoms with Crippen molar-refractivity contribution in [3.8, 4) is 11.5 Å². The largest absolute Gasteiger partial charge is 0.493 e. The van der Waals surface area contributed by atoms with Gasteiger partial charge in [-0.3, -0.25) is 9.59 Å². The Labute approximate surface area is 153 Å². The fraction of sp³-hybridized carbons (Fsp3) is 0.118. The van der Waals surface area contributed by atoms with E-state index in [-0.39, 0.29) is 0 Å². The normalized spacial score (nSPS) is 10.4. The van der Waals surface area contributed by atoms with Crippen LogP contribution in [0.25, 0.3) is 0 Å². The summed E-state index contributed by atoms with van der Waals surface area (Å²) < 4.78 is 11.1. The Morgan fingerprint density at radius 1 is 1.04 bits per heavy atom. The molecule has 130 valence electrons. The summed E-state index contributed by atoms with van der Waals surface area (Å²) in [5.41, 5.74) is 3.24. The number of carbonyl (C=O) groups is 2. The van der Waals surface area contributed by atoms with Crippen LogP contribution >= 0.6 is 15.9 Å². The summed E-state index contributed by atoms with van der Waals surface area (Å²) in [6.45, 7) is 0. The molecule has 0 radical (unpaired) electrons. The first kappa shape index (κ1) is 18.5. The average Bonchev–Trinajstić information content (AvgIpc) is 2.63. The summed E-state index contributed by atoms with van der Waals surface area (Å²) in [6, 6.07) is 12.2. The van der Waals surface area contributed by atoms with Crippen molar-refractivity contribution in [3.05, 3.63) is 52.5 Å². The third-order valence-corrected chi connectivity index (χ3v) is 3.82. The Morgan fingerprint density at radius 3 is 2.48 bits per heavy atom. The van der Waals surface area contributed by atoms with Crippen molar-refractivity contribution < 1.29 is 19.1 Å². The van der Waals surface area contributed by atoms with Gasteiger partial charge >= 0.3 is 11.8 Å². The Morgan fingerprint density at radius 2 is 1.80 bits per heavy atom. The highest BCUT2D eigenvalue weighted by Gasteiger charge is 2.14. The van der Waals surface area contributed by atoms with Gasteiger partial charge in [-0.15, -0.1) is 0 Å². The second kappa shape index (κ2) is 8.84. The van der Waals surface area contributed by atoms with Gasteiger partial charge in [0.15, 0.2) is 11.5 Å².